The van der Waals surface area contributed by atoms with Gasteiger partial charge in [-0.2, -0.15) is 13.2 Å². The van der Waals surface area contributed by atoms with E-state index in [1.165, 1.54) is 31.3 Å². The van der Waals surface area contributed by atoms with E-state index in [9.17, 15) is 18.0 Å². The van der Waals surface area contributed by atoms with Crippen LogP contribution in [0, 0.1) is 5.92 Å². The van der Waals surface area contributed by atoms with E-state index in [2.05, 4.69) is 5.32 Å². The molecule has 0 saturated carbocycles. The highest BCUT2D eigenvalue weighted by Gasteiger charge is 2.60. The second-order valence-electron chi connectivity index (χ2n) is 7.35. The number of nitrogens with zero attached hydrogens (tertiary/aromatic N) is 1. The first-order chi connectivity index (χ1) is 14.6. The fourth-order valence-corrected chi connectivity index (χ4v) is 4.64. The molecule has 3 atom stereocenters. The number of carbonyl (C=O) groups is 1. The average molecular weight is 452 g/mol. The first kappa shape index (κ1) is 21.2. The molecule has 2 aliphatic rings. The van der Waals surface area contributed by atoms with Crippen molar-refractivity contribution in [1.29, 1.82) is 0 Å². The van der Waals surface area contributed by atoms with Crippen LogP contribution >= 0.6 is 12.2 Å². The predicted octanol–water partition coefficient (Wildman–Crippen LogP) is 4.05. The van der Waals surface area contributed by atoms with E-state index in [0.29, 0.717) is 17.1 Å². The quantitative estimate of drug-likeness (QED) is 0.557. The van der Waals surface area contributed by atoms with Crippen molar-refractivity contribution in [3.8, 4) is 11.5 Å². The van der Waals surface area contributed by atoms with Gasteiger partial charge in [-0.05, 0) is 43.4 Å². The highest BCUT2D eigenvalue weighted by atomic mass is 32.1. The van der Waals surface area contributed by atoms with Crippen LogP contribution in [-0.2, 0) is 15.7 Å². The lowest BCUT2D eigenvalue weighted by Crippen LogP contribution is -2.71. The number of hydrogen-bond donors (Lipinski definition) is 1. The van der Waals surface area contributed by atoms with Crippen LogP contribution in [0.2, 0.25) is 0 Å². The minimum absolute atomic E-state index is 0.125. The van der Waals surface area contributed by atoms with E-state index in [-0.39, 0.29) is 10.8 Å². The maximum atomic E-state index is 13.3. The van der Waals surface area contributed by atoms with Crippen molar-refractivity contribution in [3.05, 3.63) is 53.6 Å². The Kier molecular flexibility index (Phi) is 5.00. The second kappa shape index (κ2) is 7.30. The van der Waals surface area contributed by atoms with Gasteiger partial charge in [0.15, 0.2) is 16.6 Å². The number of nitrogens with one attached hydrogen (secondary N) is 1. The van der Waals surface area contributed by atoms with Gasteiger partial charge in [0.1, 0.15) is 5.92 Å². The fraction of sp³-hybridized carbons (Fsp3) is 0.333. The Balaban J connectivity index is 1.92. The summed E-state index contributed by atoms with van der Waals surface area (Å²) in [4.78, 5) is 14.2. The lowest BCUT2D eigenvalue weighted by atomic mass is 9.79. The number of thiocarbonyl (C=S) groups is 1. The van der Waals surface area contributed by atoms with E-state index in [1.807, 2.05) is 0 Å². The van der Waals surface area contributed by atoms with Gasteiger partial charge in [0.25, 0.3) is 0 Å². The Labute approximate surface area is 181 Å². The molecule has 1 N–H and O–H groups in total. The van der Waals surface area contributed by atoms with Gasteiger partial charge in [-0.25, -0.2) is 0 Å². The molecule has 164 valence electrons. The van der Waals surface area contributed by atoms with Gasteiger partial charge < -0.3 is 19.5 Å². The number of anilines is 1. The molecule has 2 heterocycles. The molecule has 0 radical (unpaired) electrons. The molecule has 0 aromatic heterocycles. The molecule has 31 heavy (non-hydrogen) atoms. The van der Waals surface area contributed by atoms with Crippen LogP contribution in [0.1, 0.15) is 24.1 Å². The molecule has 0 aliphatic carbocycles. The second-order valence-corrected chi connectivity index (χ2v) is 7.73. The number of alkyl halides is 3. The topological polar surface area (TPSA) is 60.0 Å². The number of rotatable bonds is 3. The zero-order chi connectivity index (χ0) is 22.6. The fourth-order valence-electron chi connectivity index (χ4n) is 4.23. The number of para-hydroxylation sites is 1. The number of halogens is 3. The Hall–Kier alpha value is -3.01. The Bertz CT molecular complexity index is 1060. The number of fused-ring (bicyclic) bond motifs is 4. The maximum Gasteiger partial charge on any atom is 0.416 e. The monoisotopic (exact) mass is 452 g/mol. The van der Waals surface area contributed by atoms with Gasteiger partial charge in [0.05, 0.1) is 25.8 Å². The van der Waals surface area contributed by atoms with E-state index >= 15 is 0 Å². The summed E-state index contributed by atoms with van der Waals surface area (Å²) in [5.41, 5.74) is -1.56. The number of methoxy groups -OCH3 is 2. The first-order valence-corrected chi connectivity index (χ1v) is 9.74. The molecule has 2 aromatic rings. The van der Waals surface area contributed by atoms with Gasteiger partial charge in [-0.3, -0.25) is 9.69 Å². The molecule has 4 rings (SSSR count). The van der Waals surface area contributed by atoms with E-state index in [0.717, 1.165) is 12.1 Å². The highest BCUT2D eigenvalue weighted by Crippen LogP contribution is 2.52. The summed E-state index contributed by atoms with van der Waals surface area (Å²) in [5.74, 6) is -0.716. The number of carbonyl (C=O) groups excluding carboxylic acids is 1. The number of hydrogen-bond acceptors (Lipinski definition) is 5. The lowest BCUT2D eigenvalue weighted by Gasteiger charge is -2.55. The summed E-state index contributed by atoms with van der Waals surface area (Å²) >= 11 is 5.51. The van der Waals surface area contributed by atoms with Crippen LogP contribution in [0.4, 0.5) is 18.9 Å². The van der Waals surface area contributed by atoms with Crippen LogP contribution in [0.25, 0.3) is 0 Å². The third-order valence-electron chi connectivity index (χ3n) is 5.60. The van der Waals surface area contributed by atoms with Crippen molar-refractivity contribution in [2.24, 2.45) is 5.92 Å². The van der Waals surface area contributed by atoms with Gasteiger partial charge >= 0.3 is 12.1 Å². The summed E-state index contributed by atoms with van der Waals surface area (Å²) in [5, 5.41) is 3.22. The Morgan fingerprint density at radius 2 is 1.94 bits per heavy atom. The molecule has 2 aromatic carbocycles. The van der Waals surface area contributed by atoms with Crippen molar-refractivity contribution in [3.63, 3.8) is 0 Å². The van der Waals surface area contributed by atoms with Crippen LogP contribution < -0.4 is 19.7 Å². The van der Waals surface area contributed by atoms with Crippen LogP contribution in [0.15, 0.2) is 42.5 Å². The third kappa shape index (κ3) is 3.25. The van der Waals surface area contributed by atoms with Crippen LogP contribution in [-0.4, -0.2) is 31.0 Å². The van der Waals surface area contributed by atoms with Crippen LogP contribution in [0.3, 0.4) is 0 Å². The molecular weight excluding hydrogens is 433 g/mol. The standard InChI is InChI=1S/C21H19F3N2O4S/c1-20-15(18(27)29-3)16(13-8-5-9-14(28-2)17(13)30-20)25-19(31)26(20)12-7-4-6-11(10-12)21(22,23)24/h4-10,15-16H,1-3H3,(H,25,31)/t15-,16+,20+/m1/s1. The van der Waals surface area contributed by atoms with E-state index in [1.54, 1.807) is 25.1 Å². The van der Waals surface area contributed by atoms with Crippen molar-refractivity contribution in [2.75, 3.05) is 19.1 Å². The van der Waals surface area contributed by atoms with Crippen LogP contribution in [0.5, 0.6) is 11.5 Å². The largest absolute Gasteiger partial charge is 0.493 e. The highest BCUT2D eigenvalue weighted by molar-refractivity contribution is 7.80. The molecule has 2 bridgehead atoms. The van der Waals surface area contributed by atoms with Crippen molar-refractivity contribution < 1.29 is 32.2 Å². The molecular formula is C21H19F3N2O4S. The molecule has 1 fully saturated rings. The summed E-state index contributed by atoms with van der Waals surface area (Å²) < 4.78 is 56.8. The van der Waals surface area contributed by atoms with Crippen molar-refractivity contribution in [2.45, 2.75) is 24.9 Å². The molecule has 0 spiro atoms. The predicted molar refractivity (Wildman–Crippen MR) is 110 cm³/mol. The maximum absolute atomic E-state index is 13.3. The smallest absolute Gasteiger partial charge is 0.416 e. The summed E-state index contributed by atoms with van der Waals surface area (Å²) in [6.45, 7) is 1.60. The Morgan fingerprint density at radius 3 is 2.58 bits per heavy atom. The molecule has 0 amide bonds. The first-order valence-electron chi connectivity index (χ1n) is 9.33. The summed E-state index contributed by atoms with van der Waals surface area (Å²) in [7, 11) is 2.72. The molecule has 6 nitrogen and oxygen atoms in total. The zero-order valence-electron chi connectivity index (χ0n) is 16.8. The number of benzene rings is 2. The van der Waals surface area contributed by atoms with Gasteiger partial charge in [-0.15, -0.1) is 0 Å². The lowest BCUT2D eigenvalue weighted by molar-refractivity contribution is -0.157. The SMILES string of the molecule is COC(=O)[C@H]1[C@H]2NC(=S)N(c3cccc(C(F)(F)F)c3)[C@@]1(C)Oc1c(OC)cccc12. The van der Waals surface area contributed by atoms with Crippen molar-refractivity contribution in [1.82, 2.24) is 5.32 Å². The molecule has 10 heteroatoms. The van der Waals surface area contributed by atoms with Crippen molar-refractivity contribution >= 4 is 29.0 Å². The molecule has 2 aliphatic heterocycles. The normalized spacial score (nSPS) is 24.6. The van der Waals surface area contributed by atoms with Gasteiger partial charge in [0, 0.05) is 11.3 Å². The average Bonchev–Trinajstić information content (AvgIpc) is 2.72. The third-order valence-corrected chi connectivity index (χ3v) is 5.90. The van der Waals surface area contributed by atoms with Gasteiger partial charge in [-0.1, -0.05) is 18.2 Å². The molecule has 0 unspecified atom stereocenters. The summed E-state index contributed by atoms with van der Waals surface area (Å²) in [6.07, 6.45) is -4.55. The minimum atomic E-state index is -4.55. The number of ether oxygens (including phenoxy) is 3. The zero-order valence-corrected chi connectivity index (χ0v) is 17.6. The molecule has 1 saturated heterocycles. The van der Waals surface area contributed by atoms with Gasteiger partial charge in [0.2, 0.25) is 5.72 Å². The minimum Gasteiger partial charge on any atom is -0.493 e. The van der Waals surface area contributed by atoms with E-state index < -0.39 is 35.4 Å². The van der Waals surface area contributed by atoms with E-state index in [4.69, 9.17) is 26.4 Å². The Morgan fingerprint density at radius 1 is 1.23 bits per heavy atom. The number of esters is 1. The summed E-state index contributed by atoms with van der Waals surface area (Å²) in [6, 6.07) is 9.29.